The van der Waals surface area contributed by atoms with Gasteiger partial charge in [0.2, 0.25) is 11.9 Å². The minimum absolute atomic E-state index is 0.0312. The van der Waals surface area contributed by atoms with Crippen LogP contribution in [0.15, 0.2) is 18.2 Å². The van der Waals surface area contributed by atoms with Crippen molar-refractivity contribution < 1.29 is 9.53 Å². The number of nitrogens with one attached hydrogen (secondary N) is 1. The molecule has 0 bridgehead atoms. The first-order chi connectivity index (χ1) is 9.19. The van der Waals surface area contributed by atoms with E-state index in [9.17, 15) is 4.79 Å². The number of nitrogen functional groups attached to an aromatic ring is 1. The molecule has 1 aromatic heterocycles. The molecule has 1 aliphatic rings. The van der Waals surface area contributed by atoms with Crippen molar-refractivity contribution in [1.29, 1.82) is 0 Å². The Morgan fingerprint density at radius 2 is 2.37 bits per heavy atom. The molecule has 1 aliphatic carbocycles. The van der Waals surface area contributed by atoms with Crippen LogP contribution in [0.25, 0.3) is 11.0 Å². The normalized spacial score (nSPS) is 14.6. The van der Waals surface area contributed by atoms with E-state index < -0.39 is 0 Å². The number of amides is 1. The Hall–Kier alpha value is -2.24. The zero-order chi connectivity index (χ0) is 13.4. The Morgan fingerprint density at radius 1 is 1.58 bits per heavy atom. The molecule has 0 unspecified atom stereocenters. The van der Waals surface area contributed by atoms with E-state index >= 15 is 0 Å². The summed E-state index contributed by atoms with van der Waals surface area (Å²) in [6.07, 6.45) is 2.14. The average molecular weight is 260 g/mol. The number of anilines is 1. The number of nitrogens with zero attached hydrogens (tertiary/aromatic N) is 2. The van der Waals surface area contributed by atoms with Gasteiger partial charge in [-0.3, -0.25) is 4.79 Å². The van der Waals surface area contributed by atoms with E-state index in [1.54, 1.807) is 11.7 Å². The molecule has 1 aromatic carbocycles. The molecule has 1 saturated carbocycles. The molecular formula is C13H16N4O2. The lowest BCUT2D eigenvalue weighted by Crippen LogP contribution is -2.29. The van der Waals surface area contributed by atoms with Crippen LogP contribution in [0.2, 0.25) is 0 Å². The maximum atomic E-state index is 11.9. The highest BCUT2D eigenvalue weighted by Gasteiger charge is 2.24. The number of carbonyl (C=O) groups excluding carboxylic acids is 1. The minimum atomic E-state index is -0.0312. The fraction of sp³-hybridized carbons (Fsp3) is 0.385. The second kappa shape index (κ2) is 4.46. The highest BCUT2D eigenvalue weighted by molar-refractivity contribution is 5.86. The summed E-state index contributed by atoms with van der Waals surface area (Å²) in [7, 11) is 1.59. The summed E-state index contributed by atoms with van der Waals surface area (Å²) in [6.45, 7) is 0.187. The lowest BCUT2D eigenvalue weighted by Gasteiger charge is -2.07. The van der Waals surface area contributed by atoms with Crippen molar-refractivity contribution in [2.24, 2.45) is 0 Å². The largest absolute Gasteiger partial charge is 0.494 e. The Morgan fingerprint density at radius 3 is 3.05 bits per heavy atom. The van der Waals surface area contributed by atoms with Gasteiger partial charge in [-0.2, -0.15) is 0 Å². The second-order valence-corrected chi connectivity index (χ2v) is 4.73. The predicted octanol–water partition coefficient (Wildman–Crippen LogP) is 0.906. The number of para-hydroxylation sites is 1. The highest BCUT2D eigenvalue weighted by atomic mass is 16.5. The van der Waals surface area contributed by atoms with Gasteiger partial charge in [0, 0.05) is 6.04 Å². The van der Waals surface area contributed by atoms with Crippen molar-refractivity contribution in [1.82, 2.24) is 14.9 Å². The van der Waals surface area contributed by atoms with E-state index in [1.807, 2.05) is 18.2 Å². The zero-order valence-electron chi connectivity index (χ0n) is 10.7. The lowest BCUT2D eigenvalue weighted by molar-refractivity contribution is -0.121. The van der Waals surface area contributed by atoms with Gasteiger partial charge in [0.05, 0.1) is 12.6 Å². The van der Waals surface area contributed by atoms with Gasteiger partial charge in [0.15, 0.2) is 0 Å². The zero-order valence-corrected chi connectivity index (χ0v) is 10.7. The van der Waals surface area contributed by atoms with Crippen LogP contribution in [0.4, 0.5) is 5.95 Å². The number of hydrogen-bond acceptors (Lipinski definition) is 4. The first-order valence-corrected chi connectivity index (χ1v) is 6.27. The van der Waals surface area contributed by atoms with Crippen molar-refractivity contribution in [2.45, 2.75) is 25.4 Å². The van der Waals surface area contributed by atoms with Crippen LogP contribution >= 0.6 is 0 Å². The second-order valence-electron chi connectivity index (χ2n) is 4.73. The molecule has 19 heavy (non-hydrogen) atoms. The number of aromatic nitrogens is 2. The summed E-state index contributed by atoms with van der Waals surface area (Å²) in [5, 5.41) is 2.94. The van der Waals surface area contributed by atoms with E-state index in [0.717, 1.165) is 18.4 Å². The van der Waals surface area contributed by atoms with Gasteiger partial charge in [0.1, 0.15) is 17.8 Å². The third-order valence-electron chi connectivity index (χ3n) is 3.24. The number of rotatable bonds is 4. The third-order valence-corrected chi connectivity index (χ3v) is 3.24. The van der Waals surface area contributed by atoms with E-state index in [-0.39, 0.29) is 12.5 Å². The molecule has 0 radical (unpaired) electrons. The first-order valence-electron chi connectivity index (χ1n) is 6.27. The standard InChI is InChI=1S/C13H16N4O2/c1-19-10-4-2-3-9-12(10)16-13(14)17(9)7-11(18)15-8-5-6-8/h2-4,8H,5-7H2,1H3,(H2,14,16)(H,15,18). The SMILES string of the molecule is COc1cccc2c1nc(N)n2CC(=O)NC1CC1. The lowest BCUT2D eigenvalue weighted by atomic mass is 10.3. The van der Waals surface area contributed by atoms with Crippen LogP contribution in [-0.4, -0.2) is 28.6 Å². The van der Waals surface area contributed by atoms with Gasteiger partial charge in [-0.05, 0) is 25.0 Å². The molecule has 0 saturated heterocycles. The summed E-state index contributed by atoms with van der Waals surface area (Å²) in [6, 6.07) is 5.91. The van der Waals surface area contributed by atoms with Crippen LogP contribution in [0.5, 0.6) is 5.75 Å². The molecule has 1 amide bonds. The number of hydrogen-bond donors (Lipinski definition) is 2. The average Bonchev–Trinajstić information content (AvgIpc) is 3.14. The summed E-state index contributed by atoms with van der Waals surface area (Å²) < 4.78 is 6.95. The summed E-state index contributed by atoms with van der Waals surface area (Å²) >= 11 is 0. The number of fused-ring (bicyclic) bond motifs is 1. The van der Waals surface area contributed by atoms with E-state index in [0.29, 0.717) is 23.3 Å². The number of ether oxygens (including phenoxy) is 1. The molecule has 6 heteroatoms. The monoisotopic (exact) mass is 260 g/mol. The van der Waals surface area contributed by atoms with Crippen molar-refractivity contribution in [3.63, 3.8) is 0 Å². The van der Waals surface area contributed by atoms with Crippen LogP contribution in [0.1, 0.15) is 12.8 Å². The Labute approximate surface area is 110 Å². The quantitative estimate of drug-likeness (QED) is 0.856. The first kappa shape index (κ1) is 11.8. The Balaban J connectivity index is 1.93. The Bertz CT molecular complexity index is 631. The molecule has 6 nitrogen and oxygen atoms in total. The van der Waals surface area contributed by atoms with Crippen LogP contribution < -0.4 is 15.8 Å². The third kappa shape index (κ3) is 2.21. The van der Waals surface area contributed by atoms with Gasteiger partial charge in [-0.15, -0.1) is 0 Å². The maximum absolute atomic E-state index is 11.9. The van der Waals surface area contributed by atoms with E-state index in [1.165, 1.54) is 0 Å². The van der Waals surface area contributed by atoms with Crippen LogP contribution in [0, 0.1) is 0 Å². The molecule has 0 atom stereocenters. The maximum Gasteiger partial charge on any atom is 0.240 e. The van der Waals surface area contributed by atoms with Crippen molar-refractivity contribution >= 4 is 22.9 Å². The van der Waals surface area contributed by atoms with Crippen molar-refractivity contribution in [3.8, 4) is 5.75 Å². The summed E-state index contributed by atoms with van der Waals surface area (Å²) in [5.41, 5.74) is 7.38. The number of carbonyl (C=O) groups is 1. The van der Waals surface area contributed by atoms with Crippen LogP contribution in [-0.2, 0) is 11.3 Å². The smallest absolute Gasteiger partial charge is 0.240 e. The molecule has 1 fully saturated rings. The Kier molecular flexibility index (Phi) is 2.77. The highest BCUT2D eigenvalue weighted by Crippen LogP contribution is 2.26. The number of benzene rings is 1. The van der Waals surface area contributed by atoms with E-state index in [2.05, 4.69) is 10.3 Å². The van der Waals surface area contributed by atoms with Gasteiger partial charge in [0.25, 0.3) is 0 Å². The topological polar surface area (TPSA) is 82.2 Å². The van der Waals surface area contributed by atoms with E-state index in [4.69, 9.17) is 10.5 Å². The fourth-order valence-electron chi connectivity index (χ4n) is 2.11. The van der Waals surface area contributed by atoms with Gasteiger partial charge < -0.3 is 20.4 Å². The number of methoxy groups -OCH3 is 1. The molecule has 3 N–H and O–H groups in total. The molecule has 1 heterocycles. The van der Waals surface area contributed by atoms with Crippen LogP contribution in [0.3, 0.4) is 0 Å². The van der Waals surface area contributed by atoms with Gasteiger partial charge >= 0.3 is 0 Å². The summed E-state index contributed by atoms with van der Waals surface area (Å²) in [4.78, 5) is 16.1. The summed E-state index contributed by atoms with van der Waals surface area (Å²) in [5.74, 6) is 0.951. The van der Waals surface area contributed by atoms with Crippen molar-refractivity contribution in [3.05, 3.63) is 18.2 Å². The molecule has 3 rings (SSSR count). The van der Waals surface area contributed by atoms with Crippen molar-refractivity contribution in [2.75, 3.05) is 12.8 Å². The minimum Gasteiger partial charge on any atom is -0.494 e. The predicted molar refractivity (Wildman–Crippen MR) is 71.9 cm³/mol. The molecular weight excluding hydrogens is 244 g/mol. The molecule has 0 aliphatic heterocycles. The molecule has 0 spiro atoms. The number of nitrogens with two attached hydrogens (primary N) is 1. The number of imidazole rings is 1. The van der Waals surface area contributed by atoms with Gasteiger partial charge in [-0.25, -0.2) is 4.98 Å². The van der Waals surface area contributed by atoms with Gasteiger partial charge in [-0.1, -0.05) is 6.07 Å². The molecule has 2 aromatic rings. The fourth-order valence-corrected chi connectivity index (χ4v) is 2.11. The molecule has 100 valence electrons.